The standard InChI is InChI=1S/C17H24O4/c1-11(13(3)20)17(21)12(2)16-7-6-14(10-19)9-15(16)5-4-8-18/h4-7,9,11-12,17-19,21H,8,10H2,1-3H3/b5-4+. The predicted octanol–water partition coefficient (Wildman–Crippen LogP) is 1.87. The molecule has 0 saturated heterocycles. The first kappa shape index (κ1) is 17.6. The summed E-state index contributed by atoms with van der Waals surface area (Å²) in [5.74, 6) is -0.712. The monoisotopic (exact) mass is 292 g/mol. The zero-order valence-corrected chi connectivity index (χ0v) is 12.8. The Balaban J connectivity index is 3.15. The molecule has 0 aliphatic carbocycles. The minimum Gasteiger partial charge on any atom is -0.392 e. The van der Waals surface area contributed by atoms with E-state index in [1.54, 1.807) is 25.1 Å². The van der Waals surface area contributed by atoms with Crippen molar-refractivity contribution in [3.05, 3.63) is 41.0 Å². The van der Waals surface area contributed by atoms with Crippen LogP contribution < -0.4 is 0 Å². The van der Waals surface area contributed by atoms with Gasteiger partial charge in [0.2, 0.25) is 0 Å². The Morgan fingerprint density at radius 1 is 1.29 bits per heavy atom. The van der Waals surface area contributed by atoms with Crippen LogP contribution in [-0.2, 0) is 11.4 Å². The highest BCUT2D eigenvalue weighted by molar-refractivity contribution is 5.78. The Bertz CT molecular complexity index is 508. The summed E-state index contributed by atoms with van der Waals surface area (Å²) in [6.45, 7) is 4.91. The topological polar surface area (TPSA) is 77.8 Å². The molecule has 0 aromatic heterocycles. The molecule has 3 atom stereocenters. The number of carbonyl (C=O) groups excluding carboxylic acids is 1. The van der Waals surface area contributed by atoms with Crippen LogP contribution in [-0.4, -0.2) is 33.8 Å². The van der Waals surface area contributed by atoms with E-state index in [9.17, 15) is 15.0 Å². The van der Waals surface area contributed by atoms with Crippen LogP contribution in [0.15, 0.2) is 24.3 Å². The maximum Gasteiger partial charge on any atom is 0.135 e. The van der Waals surface area contributed by atoms with Crippen LogP contribution in [0.5, 0.6) is 0 Å². The van der Waals surface area contributed by atoms with Crippen molar-refractivity contribution in [3.63, 3.8) is 0 Å². The fourth-order valence-electron chi connectivity index (χ4n) is 2.32. The number of Topliss-reactive ketones (excluding diaryl/α,β-unsaturated/α-hetero) is 1. The van der Waals surface area contributed by atoms with E-state index in [1.807, 2.05) is 19.1 Å². The number of hydrogen-bond acceptors (Lipinski definition) is 4. The quantitative estimate of drug-likeness (QED) is 0.717. The largest absolute Gasteiger partial charge is 0.392 e. The van der Waals surface area contributed by atoms with Crippen LogP contribution in [0.25, 0.3) is 6.08 Å². The van der Waals surface area contributed by atoms with E-state index >= 15 is 0 Å². The number of aliphatic hydroxyl groups is 3. The first-order valence-electron chi connectivity index (χ1n) is 7.12. The maximum absolute atomic E-state index is 11.4. The summed E-state index contributed by atoms with van der Waals surface area (Å²) in [4.78, 5) is 11.4. The molecule has 3 N–H and O–H groups in total. The van der Waals surface area contributed by atoms with Gasteiger partial charge < -0.3 is 15.3 Å². The first-order valence-corrected chi connectivity index (χ1v) is 7.12. The molecule has 0 heterocycles. The fraction of sp³-hybridized carbons (Fsp3) is 0.471. The molecule has 0 aliphatic rings. The lowest BCUT2D eigenvalue weighted by Crippen LogP contribution is -2.29. The molecule has 1 aromatic rings. The zero-order chi connectivity index (χ0) is 16.0. The molecule has 3 unspecified atom stereocenters. The lowest BCUT2D eigenvalue weighted by molar-refractivity contribution is -0.123. The normalized spacial score (nSPS) is 15.9. The molecule has 0 amide bonds. The number of ketones is 1. The van der Waals surface area contributed by atoms with Gasteiger partial charge in [-0.3, -0.25) is 4.79 Å². The zero-order valence-electron chi connectivity index (χ0n) is 12.8. The van der Waals surface area contributed by atoms with Crippen molar-refractivity contribution in [1.29, 1.82) is 0 Å². The lowest BCUT2D eigenvalue weighted by atomic mass is 9.83. The van der Waals surface area contributed by atoms with E-state index < -0.39 is 12.0 Å². The van der Waals surface area contributed by atoms with Crippen LogP contribution in [0.2, 0.25) is 0 Å². The van der Waals surface area contributed by atoms with Crippen LogP contribution in [0, 0.1) is 5.92 Å². The number of rotatable bonds is 7. The molecule has 1 rings (SSSR count). The molecule has 0 radical (unpaired) electrons. The van der Waals surface area contributed by atoms with E-state index in [4.69, 9.17) is 5.11 Å². The number of hydrogen-bond donors (Lipinski definition) is 3. The van der Waals surface area contributed by atoms with Gasteiger partial charge in [-0.15, -0.1) is 0 Å². The second kappa shape index (κ2) is 8.08. The van der Waals surface area contributed by atoms with Gasteiger partial charge in [0.05, 0.1) is 19.3 Å². The summed E-state index contributed by atoms with van der Waals surface area (Å²) in [5.41, 5.74) is 2.48. The Labute approximate surface area is 125 Å². The van der Waals surface area contributed by atoms with Crippen LogP contribution in [0.4, 0.5) is 0 Å². The fourth-order valence-corrected chi connectivity index (χ4v) is 2.32. The Morgan fingerprint density at radius 3 is 2.48 bits per heavy atom. The SMILES string of the molecule is CC(=O)C(C)C(O)C(C)c1ccc(CO)cc1/C=C/CO. The van der Waals surface area contributed by atoms with Crippen molar-refractivity contribution in [2.75, 3.05) is 6.61 Å². The van der Waals surface area contributed by atoms with Crippen molar-refractivity contribution >= 4 is 11.9 Å². The first-order chi connectivity index (χ1) is 9.92. The molecule has 0 fully saturated rings. The summed E-state index contributed by atoms with van der Waals surface area (Å²) >= 11 is 0. The van der Waals surface area contributed by atoms with Gasteiger partial charge >= 0.3 is 0 Å². The van der Waals surface area contributed by atoms with Crippen LogP contribution in [0.1, 0.15) is 43.4 Å². The van der Waals surface area contributed by atoms with E-state index in [-0.39, 0.29) is 24.9 Å². The summed E-state index contributed by atoms with van der Waals surface area (Å²) in [6, 6.07) is 5.47. The molecule has 1 aromatic carbocycles. The molecule has 0 aliphatic heterocycles. The highest BCUT2D eigenvalue weighted by Crippen LogP contribution is 2.29. The molecule has 0 bridgehead atoms. The Hall–Kier alpha value is -1.49. The van der Waals surface area contributed by atoms with E-state index in [1.165, 1.54) is 6.92 Å². The molecule has 0 spiro atoms. The predicted molar refractivity (Wildman–Crippen MR) is 82.8 cm³/mol. The second-order valence-electron chi connectivity index (χ2n) is 5.38. The highest BCUT2D eigenvalue weighted by Gasteiger charge is 2.26. The van der Waals surface area contributed by atoms with Crippen molar-refractivity contribution in [2.45, 2.75) is 39.4 Å². The molecular weight excluding hydrogens is 268 g/mol. The second-order valence-corrected chi connectivity index (χ2v) is 5.38. The summed E-state index contributed by atoms with van der Waals surface area (Å²) in [7, 11) is 0. The van der Waals surface area contributed by atoms with Crippen molar-refractivity contribution < 1.29 is 20.1 Å². The molecule has 4 heteroatoms. The summed E-state index contributed by atoms with van der Waals surface area (Å²) in [5, 5.41) is 28.5. The van der Waals surface area contributed by atoms with E-state index in [0.29, 0.717) is 0 Å². The van der Waals surface area contributed by atoms with Gasteiger partial charge in [0.1, 0.15) is 5.78 Å². The van der Waals surface area contributed by atoms with Gasteiger partial charge in [-0.1, -0.05) is 38.1 Å². The molecule has 21 heavy (non-hydrogen) atoms. The smallest absolute Gasteiger partial charge is 0.135 e. The summed E-state index contributed by atoms with van der Waals surface area (Å²) < 4.78 is 0. The summed E-state index contributed by atoms with van der Waals surface area (Å²) in [6.07, 6.45) is 2.59. The van der Waals surface area contributed by atoms with Gasteiger partial charge in [-0.05, 0) is 29.7 Å². The minimum absolute atomic E-state index is 0.0474. The molecule has 116 valence electrons. The molecule has 0 saturated carbocycles. The molecular formula is C17H24O4. The Kier molecular flexibility index (Phi) is 6.75. The number of carbonyl (C=O) groups is 1. The van der Waals surface area contributed by atoms with Gasteiger partial charge in [0.15, 0.2) is 0 Å². The average Bonchev–Trinajstić information content (AvgIpc) is 2.50. The minimum atomic E-state index is -0.774. The third-order valence-corrected chi connectivity index (χ3v) is 3.89. The van der Waals surface area contributed by atoms with Gasteiger partial charge in [0, 0.05) is 11.8 Å². The van der Waals surface area contributed by atoms with Gasteiger partial charge in [0.25, 0.3) is 0 Å². The van der Waals surface area contributed by atoms with Crippen LogP contribution >= 0.6 is 0 Å². The van der Waals surface area contributed by atoms with Gasteiger partial charge in [-0.25, -0.2) is 0 Å². The highest BCUT2D eigenvalue weighted by atomic mass is 16.3. The third kappa shape index (κ3) is 4.49. The van der Waals surface area contributed by atoms with Gasteiger partial charge in [-0.2, -0.15) is 0 Å². The number of benzene rings is 1. The van der Waals surface area contributed by atoms with E-state index in [0.717, 1.165) is 16.7 Å². The number of aliphatic hydroxyl groups excluding tert-OH is 3. The van der Waals surface area contributed by atoms with Crippen molar-refractivity contribution in [2.24, 2.45) is 5.92 Å². The lowest BCUT2D eigenvalue weighted by Gasteiger charge is -2.25. The molecule has 4 nitrogen and oxygen atoms in total. The van der Waals surface area contributed by atoms with E-state index in [2.05, 4.69) is 0 Å². The maximum atomic E-state index is 11.4. The van der Waals surface area contributed by atoms with Crippen LogP contribution in [0.3, 0.4) is 0 Å². The van der Waals surface area contributed by atoms with Crippen molar-refractivity contribution in [3.8, 4) is 0 Å². The van der Waals surface area contributed by atoms with Crippen molar-refractivity contribution in [1.82, 2.24) is 0 Å². The average molecular weight is 292 g/mol. The Morgan fingerprint density at radius 2 is 1.95 bits per heavy atom. The third-order valence-electron chi connectivity index (χ3n) is 3.89.